The number of hydrogen-bond donors (Lipinski definition) is 2. The van der Waals surface area contributed by atoms with Crippen LogP contribution in [-0.2, 0) is 11.3 Å². The van der Waals surface area contributed by atoms with E-state index in [0.717, 1.165) is 30.2 Å². The van der Waals surface area contributed by atoms with Crippen LogP contribution in [0.2, 0.25) is 5.02 Å². The molecule has 0 saturated carbocycles. The maximum absolute atomic E-state index is 5.88. The number of nitrogens with one attached hydrogen (secondary N) is 2. The molecule has 2 unspecified atom stereocenters. The molecular weight excluding hydrogens is 324 g/mol. The minimum absolute atomic E-state index is 0.228. The largest absolute Gasteiger partial charge is 0.438 e. The summed E-state index contributed by atoms with van der Waals surface area (Å²) >= 11 is 5.88. The average molecular weight is 345 g/mol. The first-order chi connectivity index (χ1) is 11.7. The second kappa shape index (κ2) is 8.24. The van der Waals surface area contributed by atoms with E-state index in [1.54, 1.807) is 0 Å². The van der Waals surface area contributed by atoms with Gasteiger partial charge >= 0.3 is 0 Å². The highest BCUT2D eigenvalue weighted by Gasteiger charge is 2.12. The Hall–Kier alpha value is -1.95. The second-order valence-corrected chi connectivity index (χ2v) is 6.31. The normalized spacial score (nSPS) is 22.9. The summed E-state index contributed by atoms with van der Waals surface area (Å²) < 4.78 is 5.73. The first-order valence-corrected chi connectivity index (χ1v) is 8.47. The van der Waals surface area contributed by atoms with Crippen LogP contribution in [0.4, 0.5) is 0 Å². The van der Waals surface area contributed by atoms with Crippen molar-refractivity contribution in [3.05, 3.63) is 70.8 Å². The number of allylic oxidation sites excluding steroid dienone is 1. The van der Waals surface area contributed by atoms with Crippen molar-refractivity contribution < 1.29 is 4.74 Å². The van der Waals surface area contributed by atoms with Gasteiger partial charge in [0.15, 0.2) is 0 Å². The summed E-state index contributed by atoms with van der Waals surface area (Å²) in [4.78, 5) is 0. The third-order valence-electron chi connectivity index (χ3n) is 3.77. The first-order valence-electron chi connectivity index (χ1n) is 8.09. The summed E-state index contributed by atoms with van der Waals surface area (Å²) in [6, 6.07) is 8.27. The Morgan fingerprint density at radius 2 is 2.04 bits per heavy atom. The summed E-state index contributed by atoms with van der Waals surface area (Å²) in [5, 5.41) is 8.93. The smallest absolute Gasteiger partial charge is 0.234 e. The Balaban J connectivity index is 1.40. The van der Waals surface area contributed by atoms with Gasteiger partial charge < -0.3 is 4.74 Å². The van der Waals surface area contributed by atoms with Crippen LogP contribution in [-0.4, -0.2) is 12.1 Å². The molecule has 1 heterocycles. The van der Waals surface area contributed by atoms with Crippen LogP contribution in [0.3, 0.4) is 0 Å². The average Bonchev–Trinajstić information content (AvgIpc) is 2.60. The quantitative estimate of drug-likeness (QED) is 0.758. The van der Waals surface area contributed by atoms with Gasteiger partial charge in [-0.1, -0.05) is 29.8 Å². The van der Waals surface area contributed by atoms with Crippen LogP contribution in [0.5, 0.6) is 0 Å². The zero-order valence-electron chi connectivity index (χ0n) is 13.6. The van der Waals surface area contributed by atoms with Crippen molar-refractivity contribution in [1.82, 2.24) is 10.9 Å². The van der Waals surface area contributed by atoms with E-state index in [2.05, 4.69) is 33.2 Å². The summed E-state index contributed by atoms with van der Waals surface area (Å²) in [5.74, 6) is 1.39. The maximum atomic E-state index is 5.88. The van der Waals surface area contributed by atoms with Crippen LogP contribution in [0.1, 0.15) is 25.3 Å². The van der Waals surface area contributed by atoms with Gasteiger partial charge in [-0.3, -0.25) is 10.9 Å². The van der Waals surface area contributed by atoms with E-state index >= 15 is 0 Å². The molecule has 0 aromatic heterocycles. The number of halogens is 1. The molecule has 0 bridgehead atoms. The Bertz CT molecular complexity index is 679. The fourth-order valence-electron chi connectivity index (χ4n) is 2.37. The fourth-order valence-corrected chi connectivity index (χ4v) is 2.49. The van der Waals surface area contributed by atoms with Crippen molar-refractivity contribution in [2.45, 2.75) is 38.4 Å². The molecule has 126 valence electrons. The van der Waals surface area contributed by atoms with Crippen molar-refractivity contribution in [2.75, 3.05) is 0 Å². The van der Waals surface area contributed by atoms with Crippen molar-refractivity contribution in [3.8, 4) is 0 Å². The second-order valence-electron chi connectivity index (χ2n) is 5.88. The van der Waals surface area contributed by atoms with Crippen molar-refractivity contribution in [3.63, 3.8) is 0 Å². The van der Waals surface area contributed by atoms with Crippen molar-refractivity contribution in [2.24, 2.45) is 10.2 Å². The van der Waals surface area contributed by atoms with Crippen LogP contribution >= 0.6 is 11.6 Å². The molecule has 0 amide bonds. The van der Waals surface area contributed by atoms with Gasteiger partial charge in [-0.05, 0) is 55.7 Å². The molecule has 0 saturated heterocycles. The van der Waals surface area contributed by atoms with Gasteiger partial charge in [-0.2, -0.15) is 5.11 Å². The predicted octanol–water partition coefficient (Wildman–Crippen LogP) is 4.25. The molecule has 1 aliphatic heterocycles. The Morgan fingerprint density at radius 3 is 2.71 bits per heavy atom. The predicted molar refractivity (Wildman–Crippen MR) is 95.2 cm³/mol. The lowest BCUT2D eigenvalue weighted by molar-refractivity contribution is 0.296. The Labute approximate surface area is 147 Å². The van der Waals surface area contributed by atoms with E-state index in [4.69, 9.17) is 16.3 Å². The molecule has 3 rings (SSSR count). The standard InChI is InChI=1S/C18H21ClN4O/c1-13-2-11-18(23-21-13)24-17-9-7-16(8-10-17)22-20-12-14-3-5-15(19)6-4-14/h3-7,9-11,13,16,20,22H,2,8,12H2,1H3. The zero-order valence-corrected chi connectivity index (χ0v) is 14.3. The summed E-state index contributed by atoms with van der Waals surface area (Å²) in [7, 11) is 0. The highest BCUT2D eigenvalue weighted by atomic mass is 35.5. The molecule has 1 aromatic rings. The van der Waals surface area contributed by atoms with Gasteiger partial charge in [0, 0.05) is 17.6 Å². The number of hydrazine groups is 1. The molecule has 0 radical (unpaired) electrons. The molecule has 6 heteroatoms. The van der Waals surface area contributed by atoms with Crippen molar-refractivity contribution >= 4 is 11.6 Å². The summed E-state index contributed by atoms with van der Waals surface area (Å²) in [5.41, 5.74) is 7.70. The number of hydrogen-bond acceptors (Lipinski definition) is 5. The van der Waals surface area contributed by atoms with Crippen LogP contribution in [0, 0.1) is 0 Å². The molecule has 2 aliphatic rings. The zero-order chi connectivity index (χ0) is 16.8. The van der Waals surface area contributed by atoms with Gasteiger partial charge in [0.05, 0.1) is 6.04 Å². The monoisotopic (exact) mass is 344 g/mol. The molecule has 0 spiro atoms. The van der Waals surface area contributed by atoms with Gasteiger partial charge in [0.2, 0.25) is 5.88 Å². The Morgan fingerprint density at radius 1 is 1.21 bits per heavy atom. The van der Waals surface area contributed by atoms with Crippen LogP contribution in [0.15, 0.2) is 70.4 Å². The molecule has 2 N–H and O–H groups in total. The molecule has 24 heavy (non-hydrogen) atoms. The van der Waals surface area contributed by atoms with Crippen LogP contribution < -0.4 is 10.9 Å². The topological polar surface area (TPSA) is 58.0 Å². The lowest BCUT2D eigenvalue weighted by Crippen LogP contribution is -2.39. The van der Waals surface area contributed by atoms with Gasteiger partial charge in [0.1, 0.15) is 5.76 Å². The highest BCUT2D eigenvalue weighted by Crippen LogP contribution is 2.20. The maximum Gasteiger partial charge on any atom is 0.234 e. The number of nitrogens with zero attached hydrogens (tertiary/aromatic N) is 2. The van der Waals surface area contributed by atoms with Gasteiger partial charge in [0.25, 0.3) is 0 Å². The van der Waals surface area contributed by atoms with Crippen molar-refractivity contribution in [1.29, 1.82) is 0 Å². The number of ether oxygens (including phenoxy) is 1. The number of rotatable bonds is 6. The number of azo groups is 1. The molecule has 1 aliphatic carbocycles. The Kier molecular flexibility index (Phi) is 5.80. The molecule has 0 fully saturated rings. The molecule has 2 atom stereocenters. The van der Waals surface area contributed by atoms with E-state index in [1.165, 1.54) is 5.56 Å². The summed E-state index contributed by atoms with van der Waals surface area (Å²) in [6.45, 7) is 2.77. The van der Waals surface area contributed by atoms with E-state index in [1.807, 2.05) is 43.3 Å². The van der Waals surface area contributed by atoms with E-state index in [0.29, 0.717) is 5.88 Å². The molecule has 1 aromatic carbocycles. The molecule has 5 nitrogen and oxygen atoms in total. The van der Waals surface area contributed by atoms with Crippen LogP contribution in [0.25, 0.3) is 0 Å². The fraction of sp³-hybridized carbons (Fsp3) is 0.333. The van der Waals surface area contributed by atoms with Gasteiger partial charge in [-0.15, -0.1) is 5.11 Å². The first kappa shape index (κ1) is 16.9. The third-order valence-corrected chi connectivity index (χ3v) is 4.02. The highest BCUT2D eigenvalue weighted by molar-refractivity contribution is 6.30. The van der Waals surface area contributed by atoms with Gasteiger partial charge in [-0.25, -0.2) is 0 Å². The SMILES string of the molecule is CC1CC=C(OC2=CCC(NNCc3ccc(Cl)cc3)C=C2)N=N1. The number of benzene rings is 1. The van der Waals surface area contributed by atoms with E-state index in [9.17, 15) is 0 Å². The van der Waals surface area contributed by atoms with E-state index < -0.39 is 0 Å². The minimum atomic E-state index is 0.228. The lowest BCUT2D eigenvalue weighted by atomic mass is 10.1. The lowest BCUT2D eigenvalue weighted by Gasteiger charge is -2.19. The molecular formula is C18H21ClN4O. The minimum Gasteiger partial charge on any atom is -0.438 e. The third kappa shape index (κ3) is 5.03. The van der Waals surface area contributed by atoms with E-state index in [-0.39, 0.29) is 12.1 Å². The summed E-state index contributed by atoms with van der Waals surface area (Å²) in [6.07, 6.45) is 9.78.